The maximum absolute atomic E-state index is 5.65. The fraction of sp³-hybridized carbons (Fsp3) is 0.381. The first-order valence-electron chi connectivity index (χ1n) is 8.95. The SMILES string of the molecule is COc1ccc(NC(=S)NC2(c3ccccc3C)CCCC2)c(OC)c1. The molecule has 2 N–H and O–H groups in total. The number of benzene rings is 2. The van der Waals surface area contributed by atoms with Crippen LogP contribution in [0.15, 0.2) is 42.5 Å². The van der Waals surface area contributed by atoms with Gasteiger partial charge in [-0.1, -0.05) is 37.1 Å². The van der Waals surface area contributed by atoms with Crippen LogP contribution in [0.3, 0.4) is 0 Å². The predicted octanol–water partition coefficient (Wildman–Crippen LogP) is 4.77. The molecule has 0 amide bonds. The molecule has 1 fully saturated rings. The van der Waals surface area contributed by atoms with Crippen molar-refractivity contribution in [1.29, 1.82) is 0 Å². The number of hydrogen-bond acceptors (Lipinski definition) is 3. The molecule has 0 saturated heterocycles. The Morgan fingerprint density at radius 1 is 1.04 bits per heavy atom. The molecule has 138 valence electrons. The second kappa shape index (κ2) is 7.96. The maximum Gasteiger partial charge on any atom is 0.171 e. The predicted molar refractivity (Wildman–Crippen MR) is 110 cm³/mol. The fourth-order valence-electron chi connectivity index (χ4n) is 3.82. The van der Waals surface area contributed by atoms with Gasteiger partial charge in [-0.05, 0) is 55.2 Å². The Bertz CT molecular complexity index is 785. The van der Waals surface area contributed by atoms with E-state index in [1.54, 1.807) is 14.2 Å². The summed E-state index contributed by atoms with van der Waals surface area (Å²) in [7, 11) is 3.28. The molecule has 0 spiro atoms. The monoisotopic (exact) mass is 370 g/mol. The van der Waals surface area contributed by atoms with Crippen molar-refractivity contribution in [2.45, 2.75) is 38.1 Å². The van der Waals surface area contributed by atoms with Crippen molar-refractivity contribution in [3.63, 3.8) is 0 Å². The van der Waals surface area contributed by atoms with Crippen molar-refractivity contribution in [1.82, 2.24) is 5.32 Å². The van der Waals surface area contributed by atoms with Gasteiger partial charge >= 0.3 is 0 Å². The normalized spacial score (nSPS) is 15.3. The first kappa shape index (κ1) is 18.5. The summed E-state index contributed by atoms with van der Waals surface area (Å²) in [5, 5.41) is 7.51. The summed E-state index contributed by atoms with van der Waals surface area (Å²) in [5.74, 6) is 1.45. The highest BCUT2D eigenvalue weighted by Crippen LogP contribution is 2.40. The summed E-state index contributed by atoms with van der Waals surface area (Å²) in [4.78, 5) is 0. The Hall–Kier alpha value is -2.27. The van der Waals surface area contributed by atoms with Crippen LogP contribution in [0.1, 0.15) is 36.8 Å². The van der Waals surface area contributed by atoms with Crippen LogP contribution in [-0.4, -0.2) is 19.3 Å². The molecule has 0 unspecified atom stereocenters. The van der Waals surface area contributed by atoms with E-state index in [9.17, 15) is 0 Å². The molecule has 0 heterocycles. The molecule has 5 heteroatoms. The van der Waals surface area contributed by atoms with Crippen molar-refractivity contribution in [2.24, 2.45) is 0 Å². The van der Waals surface area contributed by atoms with Crippen molar-refractivity contribution >= 4 is 23.0 Å². The van der Waals surface area contributed by atoms with E-state index in [1.165, 1.54) is 24.0 Å². The van der Waals surface area contributed by atoms with Crippen LogP contribution in [0.25, 0.3) is 0 Å². The van der Waals surface area contributed by atoms with Crippen LogP contribution < -0.4 is 20.1 Å². The number of rotatable bonds is 5. The first-order chi connectivity index (χ1) is 12.6. The average molecular weight is 371 g/mol. The van der Waals surface area contributed by atoms with E-state index < -0.39 is 0 Å². The van der Waals surface area contributed by atoms with Crippen LogP contribution in [0, 0.1) is 6.92 Å². The van der Waals surface area contributed by atoms with E-state index in [2.05, 4.69) is 41.8 Å². The van der Waals surface area contributed by atoms with E-state index in [4.69, 9.17) is 21.7 Å². The molecule has 1 aliphatic rings. The van der Waals surface area contributed by atoms with Crippen molar-refractivity contribution in [2.75, 3.05) is 19.5 Å². The zero-order chi connectivity index (χ0) is 18.6. The molecule has 0 aliphatic heterocycles. The molecule has 26 heavy (non-hydrogen) atoms. The van der Waals surface area contributed by atoms with Gasteiger partial charge < -0.3 is 20.1 Å². The molecule has 0 aromatic heterocycles. The van der Waals surface area contributed by atoms with Gasteiger partial charge in [0.2, 0.25) is 0 Å². The minimum absolute atomic E-state index is 0.102. The van der Waals surface area contributed by atoms with Crippen LogP contribution in [0.5, 0.6) is 11.5 Å². The lowest BCUT2D eigenvalue weighted by Crippen LogP contribution is -2.46. The number of hydrogen-bond donors (Lipinski definition) is 2. The third kappa shape index (κ3) is 3.78. The number of nitrogens with one attached hydrogen (secondary N) is 2. The highest BCUT2D eigenvalue weighted by atomic mass is 32.1. The highest BCUT2D eigenvalue weighted by Gasteiger charge is 2.37. The zero-order valence-corrected chi connectivity index (χ0v) is 16.4. The molecule has 1 aliphatic carbocycles. The van der Waals surface area contributed by atoms with Crippen molar-refractivity contribution in [3.8, 4) is 11.5 Å². The lowest BCUT2D eigenvalue weighted by Gasteiger charge is -2.34. The Labute approximate surface area is 160 Å². The van der Waals surface area contributed by atoms with Crippen molar-refractivity contribution in [3.05, 3.63) is 53.6 Å². The second-order valence-electron chi connectivity index (χ2n) is 6.75. The summed E-state index contributed by atoms with van der Waals surface area (Å²) in [6.45, 7) is 2.17. The molecule has 2 aromatic carbocycles. The van der Waals surface area contributed by atoms with Crippen LogP contribution >= 0.6 is 12.2 Å². The third-order valence-corrected chi connectivity index (χ3v) is 5.33. The van der Waals surface area contributed by atoms with Gasteiger partial charge in [-0.3, -0.25) is 0 Å². The van der Waals surface area contributed by atoms with E-state index >= 15 is 0 Å². The lowest BCUT2D eigenvalue weighted by molar-refractivity contribution is 0.395. The van der Waals surface area contributed by atoms with Gasteiger partial charge in [-0.2, -0.15) is 0 Å². The van der Waals surface area contributed by atoms with Crippen molar-refractivity contribution < 1.29 is 9.47 Å². The van der Waals surface area contributed by atoms with E-state index in [-0.39, 0.29) is 5.54 Å². The van der Waals surface area contributed by atoms with E-state index in [0.29, 0.717) is 10.9 Å². The summed E-state index contributed by atoms with van der Waals surface area (Å²) in [5.41, 5.74) is 3.36. The Balaban J connectivity index is 1.81. The second-order valence-corrected chi connectivity index (χ2v) is 7.16. The van der Waals surface area contributed by atoms with Crippen LogP contribution in [0.4, 0.5) is 5.69 Å². The topological polar surface area (TPSA) is 42.5 Å². The van der Waals surface area contributed by atoms with Gasteiger partial charge in [0.25, 0.3) is 0 Å². The molecule has 3 rings (SSSR count). The number of thiocarbonyl (C=S) groups is 1. The quantitative estimate of drug-likeness (QED) is 0.742. The third-order valence-electron chi connectivity index (χ3n) is 5.13. The average Bonchev–Trinajstić information content (AvgIpc) is 3.11. The molecule has 1 saturated carbocycles. The Morgan fingerprint density at radius 2 is 1.77 bits per heavy atom. The fourth-order valence-corrected chi connectivity index (χ4v) is 4.13. The summed E-state index contributed by atoms with van der Waals surface area (Å²) >= 11 is 5.65. The smallest absolute Gasteiger partial charge is 0.171 e. The summed E-state index contributed by atoms with van der Waals surface area (Å²) < 4.78 is 10.7. The minimum Gasteiger partial charge on any atom is -0.497 e. The first-order valence-corrected chi connectivity index (χ1v) is 9.36. The molecule has 0 atom stereocenters. The number of anilines is 1. The number of ether oxygens (including phenoxy) is 2. The molecule has 0 radical (unpaired) electrons. The van der Waals surface area contributed by atoms with Gasteiger partial charge in [0.1, 0.15) is 11.5 Å². The maximum atomic E-state index is 5.65. The highest BCUT2D eigenvalue weighted by molar-refractivity contribution is 7.80. The largest absolute Gasteiger partial charge is 0.497 e. The van der Waals surface area contributed by atoms with Gasteiger partial charge in [-0.25, -0.2) is 0 Å². The van der Waals surface area contributed by atoms with Gasteiger partial charge in [0, 0.05) is 6.07 Å². The van der Waals surface area contributed by atoms with Crippen LogP contribution in [-0.2, 0) is 5.54 Å². The van der Waals surface area contributed by atoms with Gasteiger partial charge in [0.15, 0.2) is 5.11 Å². The van der Waals surface area contributed by atoms with E-state index in [0.717, 1.165) is 24.3 Å². The molecular formula is C21H26N2O2S. The summed E-state index contributed by atoms with van der Waals surface area (Å²) in [6, 6.07) is 14.2. The molecule has 4 nitrogen and oxygen atoms in total. The zero-order valence-electron chi connectivity index (χ0n) is 15.6. The molecule has 2 aromatic rings. The minimum atomic E-state index is -0.102. The summed E-state index contributed by atoms with van der Waals surface area (Å²) in [6.07, 6.45) is 4.57. The Morgan fingerprint density at radius 3 is 2.42 bits per heavy atom. The van der Waals surface area contributed by atoms with E-state index in [1.807, 2.05) is 18.2 Å². The Kier molecular flexibility index (Phi) is 5.67. The number of aryl methyl sites for hydroxylation is 1. The molecular weight excluding hydrogens is 344 g/mol. The van der Waals surface area contributed by atoms with Gasteiger partial charge in [0.05, 0.1) is 25.4 Å². The van der Waals surface area contributed by atoms with Crippen LogP contribution in [0.2, 0.25) is 0 Å². The van der Waals surface area contributed by atoms with Gasteiger partial charge in [-0.15, -0.1) is 0 Å². The number of methoxy groups -OCH3 is 2. The standard InChI is InChI=1S/C21H26N2O2S/c1-15-8-4-5-9-17(15)21(12-6-7-13-21)23-20(26)22-18-11-10-16(24-2)14-19(18)25-3/h4-5,8-11,14H,6-7,12-13H2,1-3H3,(H2,22,23,26). The lowest BCUT2D eigenvalue weighted by atomic mass is 9.85. The molecule has 0 bridgehead atoms.